The molecule has 9 nitrogen and oxygen atoms in total. The first-order chi connectivity index (χ1) is 15.7. The van der Waals surface area contributed by atoms with Gasteiger partial charge in [-0.2, -0.15) is 0 Å². The first-order valence-corrected chi connectivity index (χ1v) is 9.80. The lowest BCUT2D eigenvalue weighted by Crippen LogP contribution is -2.36. The fourth-order valence-corrected chi connectivity index (χ4v) is 3.03. The van der Waals surface area contributed by atoms with E-state index in [0.29, 0.717) is 34.2 Å². The van der Waals surface area contributed by atoms with Gasteiger partial charge in [0.05, 0.1) is 26.5 Å². The van der Waals surface area contributed by atoms with Gasteiger partial charge in [-0.25, -0.2) is 4.99 Å². The van der Waals surface area contributed by atoms with Crippen LogP contribution < -0.4 is 29.6 Å². The van der Waals surface area contributed by atoms with Crippen molar-refractivity contribution >= 4 is 17.6 Å². The Morgan fingerprint density at radius 3 is 2.66 bits per heavy atom. The highest BCUT2D eigenvalue weighted by Gasteiger charge is 2.17. The zero-order chi connectivity index (χ0) is 22.3. The van der Waals surface area contributed by atoms with Gasteiger partial charge in [-0.15, -0.1) is 0 Å². The third-order valence-corrected chi connectivity index (χ3v) is 4.64. The van der Waals surface area contributed by atoms with Crippen LogP contribution in [-0.2, 0) is 6.54 Å². The topological polar surface area (TPSA) is 103 Å². The van der Waals surface area contributed by atoms with E-state index in [-0.39, 0.29) is 25.2 Å². The second kappa shape index (κ2) is 9.69. The standard InChI is InChI=1S/C23H22N4O5/c1-29-18-9-7-16(12-20(18)30-2)26-23(25-13-17-5-3-4-10-24-17)27-22(28)15-6-8-19-21(11-15)32-14-31-19/h3-12H,13-14H2,1-2H3,(H2,25,26,27,28). The molecule has 32 heavy (non-hydrogen) atoms. The molecule has 0 atom stereocenters. The summed E-state index contributed by atoms with van der Waals surface area (Å²) in [5, 5.41) is 5.94. The lowest BCUT2D eigenvalue weighted by Gasteiger charge is -2.14. The van der Waals surface area contributed by atoms with Gasteiger partial charge < -0.3 is 24.3 Å². The van der Waals surface area contributed by atoms with Gasteiger partial charge in [0.15, 0.2) is 23.0 Å². The largest absolute Gasteiger partial charge is 0.493 e. The Bertz CT molecular complexity index is 1130. The fraction of sp³-hybridized carbons (Fsp3) is 0.174. The van der Waals surface area contributed by atoms with Crippen LogP contribution in [0.25, 0.3) is 0 Å². The number of nitrogens with zero attached hydrogens (tertiary/aromatic N) is 2. The first-order valence-electron chi connectivity index (χ1n) is 9.80. The second-order valence-corrected chi connectivity index (χ2v) is 6.70. The Morgan fingerprint density at radius 1 is 1.03 bits per heavy atom. The highest BCUT2D eigenvalue weighted by Crippen LogP contribution is 2.32. The van der Waals surface area contributed by atoms with Crippen LogP contribution in [0.4, 0.5) is 5.69 Å². The molecule has 2 N–H and O–H groups in total. The predicted octanol–water partition coefficient (Wildman–Crippen LogP) is 3.23. The van der Waals surface area contributed by atoms with E-state index in [2.05, 4.69) is 20.6 Å². The van der Waals surface area contributed by atoms with Crippen LogP contribution in [0.3, 0.4) is 0 Å². The van der Waals surface area contributed by atoms with Gasteiger partial charge in [-0.05, 0) is 42.5 Å². The molecule has 0 radical (unpaired) electrons. The van der Waals surface area contributed by atoms with E-state index in [1.54, 1.807) is 56.8 Å². The Kier molecular flexibility index (Phi) is 6.35. The highest BCUT2D eigenvalue weighted by molar-refractivity contribution is 6.10. The minimum Gasteiger partial charge on any atom is -0.493 e. The molecule has 164 valence electrons. The van der Waals surface area contributed by atoms with Crippen LogP contribution in [0.5, 0.6) is 23.0 Å². The van der Waals surface area contributed by atoms with Gasteiger partial charge in [-0.1, -0.05) is 6.07 Å². The zero-order valence-electron chi connectivity index (χ0n) is 17.6. The molecule has 2 heterocycles. The van der Waals surface area contributed by atoms with E-state index in [4.69, 9.17) is 18.9 Å². The molecule has 2 aromatic carbocycles. The maximum Gasteiger partial charge on any atom is 0.258 e. The lowest BCUT2D eigenvalue weighted by atomic mass is 10.2. The molecule has 1 aliphatic rings. The predicted molar refractivity (Wildman–Crippen MR) is 119 cm³/mol. The number of aliphatic imine (C=N–C) groups is 1. The summed E-state index contributed by atoms with van der Waals surface area (Å²) in [6.45, 7) is 0.413. The molecular formula is C23H22N4O5. The van der Waals surface area contributed by atoms with E-state index in [0.717, 1.165) is 5.69 Å². The number of carbonyl (C=O) groups excluding carboxylic acids is 1. The molecule has 0 spiro atoms. The van der Waals surface area contributed by atoms with E-state index in [1.807, 2.05) is 18.2 Å². The number of methoxy groups -OCH3 is 2. The Morgan fingerprint density at radius 2 is 1.88 bits per heavy atom. The zero-order valence-corrected chi connectivity index (χ0v) is 17.6. The summed E-state index contributed by atoms with van der Waals surface area (Å²) in [6, 6.07) is 15.9. The summed E-state index contributed by atoms with van der Waals surface area (Å²) in [7, 11) is 3.12. The number of rotatable bonds is 6. The van der Waals surface area contributed by atoms with Crippen molar-refractivity contribution < 1.29 is 23.7 Å². The number of nitrogens with one attached hydrogen (secondary N) is 2. The third kappa shape index (κ3) is 4.89. The number of pyridine rings is 1. The first kappa shape index (κ1) is 21.0. The quantitative estimate of drug-likeness (QED) is 0.454. The van der Waals surface area contributed by atoms with Crippen molar-refractivity contribution in [1.82, 2.24) is 10.3 Å². The third-order valence-electron chi connectivity index (χ3n) is 4.64. The molecule has 1 aromatic heterocycles. The van der Waals surface area contributed by atoms with Crippen LogP contribution in [0.15, 0.2) is 65.8 Å². The van der Waals surface area contributed by atoms with Gasteiger partial charge in [0.25, 0.3) is 5.91 Å². The maximum atomic E-state index is 12.9. The van der Waals surface area contributed by atoms with Crippen molar-refractivity contribution in [1.29, 1.82) is 0 Å². The van der Waals surface area contributed by atoms with E-state index in [9.17, 15) is 4.79 Å². The number of amides is 1. The van der Waals surface area contributed by atoms with E-state index < -0.39 is 0 Å². The van der Waals surface area contributed by atoms with Gasteiger partial charge in [0, 0.05) is 23.5 Å². The van der Waals surface area contributed by atoms with Gasteiger partial charge in [0.2, 0.25) is 12.8 Å². The molecule has 9 heteroatoms. The van der Waals surface area contributed by atoms with Gasteiger partial charge >= 0.3 is 0 Å². The highest BCUT2D eigenvalue weighted by atomic mass is 16.7. The number of hydrogen-bond acceptors (Lipinski definition) is 7. The number of benzene rings is 2. The van der Waals surface area contributed by atoms with E-state index >= 15 is 0 Å². The Balaban J connectivity index is 1.56. The molecule has 1 aliphatic heterocycles. The number of carbonyl (C=O) groups is 1. The monoisotopic (exact) mass is 434 g/mol. The van der Waals surface area contributed by atoms with Crippen LogP contribution in [0.2, 0.25) is 0 Å². The maximum absolute atomic E-state index is 12.9. The molecule has 0 saturated heterocycles. The summed E-state index contributed by atoms with van der Waals surface area (Å²) in [5.41, 5.74) is 1.83. The van der Waals surface area contributed by atoms with Crippen LogP contribution >= 0.6 is 0 Å². The summed E-state index contributed by atoms with van der Waals surface area (Å²) >= 11 is 0. The number of fused-ring (bicyclic) bond motifs is 1. The number of guanidine groups is 1. The summed E-state index contributed by atoms with van der Waals surface area (Å²) in [6.07, 6.45) is 1.69. The normalized spacial score (nSPS) is 12.2. The molecule has 0 fully saturated rings. The number of aromatic nitrogens is 1. The molecule has 0 aliphatic carbocycles. The lowest BCUT2D eigenvalue weighted by molar-refractivity contribution is 0.0976. The minimum absolute atomic E-state index is 0.137. The van der Waals surface area contributed by atoms with Crippen molar-refractivity contribution in [3.05, 3.63) is 72.1 Å². The van der Waals surface area contributed by atoms with Crippen molar-refractivity contribution in [2.75, 3.05) is 26.3 Å². The van der Waals surface area contributed by atoms with Crippen molar-refractivity contribution in [3.63, 3.8) is 0 Å². The summed E-state index contributed by atoms with van der Waals surface area (Å²) < 4.78 is 21.3. The Hall–Kier alpha value is -4.27. The van der Waals surface area contributed by atoms with Crippen LogP contribution in [0, 0.1) is 0 Å². The average Bonchev–Trinajstić information content (AvgIpc) is 3.31. The smallest absolute Gasteiger partial charge is 0.258 e. The van der Waals surface area contributed by atoms with Crippen LogP contribution in [0.1, 0.15) is 16.1 Å². The molecule has 3 aromatic rings. The molecule has 0 saturated carbocycles. The molecular weight excluding hydrogens is 412 g/mol. The summed E-state index contributed by atoms with van der Waals surface area (Å²) in [4.78, 5) is 21.7. The minimum atomic E-state index is -0.351. The molecule has 4 rings (SSSR count). The van der Waals surface area contributed by atoms with Gasteiger partial charge in [-0.3, -0.25) is 15.1 Å². The SMILES string of the molecule is COc1ccc(NC(=NCc2ccccn2)NC(=O)c2ccc3c(c2)OCO3)cc1OC. The van der Waals surface area contributed by atoms with Crippen molar-refractivity contribution in [2.24, 2.45) is 4.99 Å². The number of ether oxygens (including phenoxy) is 4. The molecule has 0 unspecified atom stereocenters. The summed E-state index contributed by atoms with van der Waals surface area (Å²) in [5.74, 6) is 2.17. The molecule has 1 amide bonds. The number of anilines is 1. The molecule has 0 bridgehead atoms. The van der Waals surface area contributed by atoms with Gasteiger partial charge in [0.1, 0.15) is 0 Å². The van der Waals surface area contributed by atoms with Crippen molar-refractivity contribution in [2.45, 2.75) is 6.54 Å². The van der Waals surface area contributed by atoms with Crippen molar-refractivity contribution in [3.8, 4) is 23.0 Å². The second-order valence-electron chi connectivity index (χ2n) is 6.70. The fourth-order valence-electron chi connectivity index (χ4n) is 3.03. The van der Waals surface area contributed by atoms with Crippen LogP contribution in [-0.4, -0.2) is 37.9 Å². The average molecular weight is 434 g/mol. The van der Waals surface area contributed by atoms with E-state index in [1.165, 1.54) is 0 Å². The number of hydrogen-bond donors (Lipinski definition) is 2. The Labute approximate surface area is 185 Å².